The first kappa shape index (κ1) is 21.3. The molecule has 8 heteroatoms. The number of benzene rings is 1. The van der Waals surface area contributed by atoms with Gasteiger partial charge in [0.25, 0.3) is 5.91 Å². The number of rotatable bonds is 8. The van der Waals surface area contributed by atoms with Crippen LogP contribution < -0.4 is 20.3 Å². The summed E-state index contributed by atoms with van der Waals surface area (Å²) in [5, 5.41) is 5.95. The van der Waals surface area contributed by atoms with Gasteiger partial charge in [-0.3, -0.25) is 14.6 Å². The first-order valence-corrected chi connectivity index (χ1v) is 10.5. The number of aryl methyl sites for hydroxylation is 1. The summed E-state index contributed by atoms with van der Waals surface area (Å²) >= 11 is 0. The summed E-state index contributed by atoms with van der Waals surface area (Å²) in [6.45, 7) is 1.09. The van der Waals surface area contributed by atoms with Gasteiger partial charge in [0, 0.05) is 25.1 Å². The standard InChI is InChI=1S/C24H25N5O3/c1-32-20-8-6-18(7-9-20)16-29-21-12-19(14-27-23(21)28-15-22(29)30)24(31)26-11-3-5-17-4-2-10-25-13-17/h2,4,6-10,12-14H,3,5,11,15-16H2,1H3,(H,26,31)(H,27,28). The van der Waals surface area contributed by atoms with Crippen molar-refractivity contribution in [2.45, 2.75) is 19.4 Å². The predicted molar refractivity (Wildman–Crippen MR) is 122 cm³/mol. The van der Waals surface area contributed by atoms with Crippen molar-refractivity contribution in [1.29, 1.82) is 0 Å². The minimum atomic E-state index is -0.214. The van der Waals surface area contributed by atoms with Gasteiger partial charge in [-0.1, -0.05) is 18.2 Å². The highest BCUT2D eigenvalue weighted by molar-refractivity contribution is 6.04. The lowest BCUT2D eigenvalue weighted by atomic mass is 10.1. The number of amides is 2. The number of methoxy groups -OCH3 is 1. The molecule has 0 atom stereocenters. The number of nitrogens with one attached hydrogen (secondary N) is 2. The fourth-order valence-corrected chi connectivity index (χ4v) is 3.54. The van der Waals surface area contributed by atoms with Crippen molar-refractivity contribution in [2.75, 3.05) is 30.4 Å². The molecule has 2 N–H and O–H groups in total. The van der Waals surface area contributed by atoms with E-state index in [1.165, 1.54) is 6.20 Å². The van der Waals surface area contributed by atoms with E-state index >= 15 is 0 Å². The van der Waals surface area contributed by atoms with Gasteiger partial charge in [0.05, 0.1) is 31.5 Å². The van der Waals surface area contributed by atoms with Crippen LogP contribution in [0.5, 0.6) is 5.75 Å². The van der Waals surface area contributed by atoms with Crippen LogP contribution in [0.25, 0.3) is 0 Å². The molecule has 32 heavy (non-hydrogen) atoms. The summed E-state index contributed by atoms with van der Waals surface area (Å²) in [6.07, 6.45) is 6.75. The summed E-state index contributed by atoms with van der Waals surface area (Å²) in [5.74, 6) is 1.05. The van der Waals surface area contributed by atoms with Crippen molar-refractivity contribution >= 4 is 23.3 Å². The molecule has 2 aromatic heterocycles. The normalized spacial score (nSPS) is 12.7. The Morgan fingerprint density at radius 3 is 2.78 bits per heavy atom. The van der Waals surface area contributed by atoms with E-state index in [1.54, 1.807) is 24.3 Å². The van der Waals surface area contributed by atoms with Gasteiger partial charge in [-0.15, -0.1) is 0 Å². The van der Waals surface area contributed by atoms with E-state index < -0.39 is 0 Å². The zero-order valence-corrected chi connectivity index (χ0v) is 17.9. The Hall–Kier alpha value is -3.94. The number of ether oxygens (including phenoxy) is 1. The lowest BCUT2D eigenvalue weighted by Crippen LogP contribution is -2.40. The van der Waals surface area contributed by atoms with Gasteiger partial charge in [0.1, 0.15) is 5.75 Å². The molecule has 0 aliphatic carbocycles. The van der Waals surface area contributed by atoms with E-state index in [0.29, 0.717) is 30.2 Å². The van der Waals surface area contributed by atoms with Crippen LogP contribution in [0.2, 0.25) is 0 Å². The van der Waals surface area contributed by atoms with E-state index in [2.05, 4.69) is 20.6 Å². The Morgan fingerprint density at radius 1 is 1.19 bits per heavy atom. The lowest BCUT2D eigenvalue weighted by Gasteiger charge is -2.29. The maximum absolute atomic E-state index is 12.7. The molecule has 0 spiro atoms. The second-order valence-corrected chi connectivity index (χ2v) is 7.49. The van der Waals surface area contributed by atoms with E-state index in [9.17, 15) is 9.59 Å². The zero-order chi connectivity index (χ0) is 22.3. The average Bonchev–Trinajstić information content (AvgIpc) is 2.84. The molecule has 1 aromatic carbocycles. The molecule has 0 unspecified atom stereocenters. The minimum Gasteiger partial charge on any atom is -0.497 e. The van der Waals surface area contributed by atoms with Crippen LogP contribution in [0.1, 0.15) is 27.9 Å². The Balaban J connectivity index is 1.42. The van der Waals surface area contributed by atoms with Crippen molar-refractivity contribution in [3.63, 3.8) is 0 Å². The van der Waals surface area contributed by atoms with Crippen molar-refractivity contribution in [2.24, 2.45) is 0 Å². The van der Waals surface area contributed by atoms with Gasteiger partial charge in [0.15, 0.2) is 5.82 Å². The molecule has 0 bridgehead atoms. The molecule has 8 nitrogen and oxygen atoms in total. The number of nitrogens with zero attached hydrogens (tertiary/aromatic N) is 3. The largest absolute Gasteiger partial charge is 0.497 e. The predicted octanol–water partition coefficient (Wildman–Crippen LogP) is 2.81. The molecule has 164 valence electrons. The second-order valence-electron chi connectivity index (χ2n) is 7.49. The van der Waals surface area contributed by atoms with Gasteiger partial charge >= 0.3 is 0 Å². The van der Waals surface area contributed by atoms with Crippen molar-refractivity contribution in [1.82, 2.24) is 15.3 Å². The van der Waals surface area contributed by atoms with Gasteiger partial charge in [0.2, 0.25) is 5.91 Å². The second kappa shape index (κ2) is 9.91. The van der Waals surface area contributed by atoms with Crippen LogP contribution >= 0.6 is 0 Å². The number of anilines is 2. The maximum atomic E-state index is 12.7. The van der Waals surface area contributed by atoms with Crippen LogP contribution in [0.4, 0.5) is 11.5 Å². The molecule has 0 fully saturated rings. The Labute approximate surface area is 186 Å². The molecular formula is C24H25N5O3. The molecule has 0 radical (unpaired) electrons. The van der Waals surface area contributed by atoms with Crippen LogP contribution in [-0.2, 0) is 17.8 Å². The summed E-state index contributed by atoms with van der Waals surface area (Å²) in [7, 11) is 1.61. The Bertz CT molecular complexity index is 1090. The number of carbonyl (C=O) groups excluding carboxylic acids is 2. The third-order valence-electron chi connectivity index (χ3n) is 5.28. The van der Waals surface area contributed by atoms with Gasteiger partial charge in [-0.05, 0) is 48.2 Å². The first-order valence-electron chi connectivity index (χ1n) is 10.5. The smallest absolute Gasteiger partial charge is 0.252 e. The van der Waals surface area contributed by atoms with Crippen LogP contribution in [0, 0.1) is 0 Å². The highest BCUT2D eigenvalue weighted by Gasteiger charge is 2.26. The first-order chi connectivity index (χ1) is 15.6. The number of carbonyl (C=O) groups is 2. The fourth-order valence-electron chi connectivity index (χ4n) is 3.54. The monoisotopic (exact) mass is 431 g/mol. The summed E-state index contributed by atoms with van der Waals surface area (Å²) in [4.78, 5) is 35.4. The number of pyridine rings is 2. The van der Waals surface area contributed by atoms with Crippen molar-refractivity contribution in [3.8, 4) is 5.75 Å². The third-order valence-corrected chi connectivity index (χ3v) is 5.28. The average molecular weight is 431 g/mol. The van der Waals surface area contributed by atoms with Gasteiger partial charge in [-0.25, -0.2) is 4.98 Å². The van der Waals surface area contributed by atoms with Gasteiger partial charge in [-0.2, -0.15) is 0 Å². The molecule has 0 saturated heterocycles. The topological polar surface area (TPSA) is 96.5 Å². The molecule has 3 aromatic rings. The minimum absolute atomic E-state index is 0.0795. The van der Waals surface area contributed by atoms with Gasteiger partial charge < -0.3 is 20.3 Å². The van der Waals surface area contributed by atoms with Crippen LogP contribution in [0.3, 0.4) is 0 Å². The van der Waals surface area contributed by atoms with E-state index in [1.807, 2.05) is 42.6 Å². The van der Waals surface area contributed by atoms with Crippen LogP contribution in [0.15, 0.2) is 61.1 Å². The Kier molecular flexibility index (Phi) is 6.60. The summed E-state index contributed by atoms with van der Waals surface area (Å²) in [5.41, 5.74) is 3.11. The fraction of sp³-hybridized carbons (Fsp3) is 0.250. The summed E-state index contributed by atoms with van der Waals surface area (Å²) < 4.78 is 5.20. The molecule has 4 rings (SSSR count). The van der Waals surface area contributed by atoms with Crippen LogP contribution in [-0.4, -0.2) is 42.0 Å². The van der Waals surface area contributed by atoms with E-state index in [4.69, 9.17) is 4.74 Å². The maximum Gasteiger partial charge on any atom is 0.252 e. The highest BCUT2D eigenvalue weighted by Crippen LogP contribution is 2.30. The number of aromatic nitrogens is 2. The molecule has 1 aliphatic rings. The molecular weight excluding hydrogens is 406 g/mol. The molecule has 2 amide bonds. The molecule has 1 aliphatic heterocycles. The zero-order valence-electron chi connectivity index (χ0n) is 17.9. The highest BCUT2D eigenvalue weighted by atomic mass is 16.5. The molecule has 0 saturated carbocycles. The molecule has 3 heterocycles. The van der Waals surface area contributed by atoms with Crippen molar-refractivity contribution < 1.29 is 14.3 Å². The SMILES string of the molecule is COc1ccc(CN2C(=O)CNc3ncc(C(=O)NCCCc4cccnc4)cc32)cc1. The van der Waals surface area contributed by atoms with E-state index in [0.717, 1.165) is 29.7 Å². The number of hydrogen-bond donors (Lipinski definition) is 2. The third kappa shape index (κ3) is 5.03. The van der Waals surface area contributed by atoms with Crippen molar-refractivity contribution in [3.05, 3.63) is 77.7 Å². The Morgan fingerprint density at radius 2 is 2.03 bits per heavy atom. The number of fused-ring (bicyclic) bond motifs is 1. The summed E-state index contributed by atoms with van der Waals surface area (Å²) in [6, 6.07) is 13.2. The van der Waals surface area contributed by atoms with E-state index in [-0.39, 0.29) is 18.4 Å². The quantitative estimate of drug-likeness (QED) is 0.533. The number of hydrogen-bond acceptors (Lipinski definition) is 6. The lowest BCUT2D eigenvalue weighted by molar-refractivity contribution is -0.117.